The number of anilines is 1. The van der Waals surface area contributed by atoms with Gasteiger partial charge in [-0.05, 0) is 101 Å². The van der Waals surface area contributed by atoms with Crippen molar-refractivity contribution in [1.82, 2.24) is 25.1 Å². The lowest BCUT2D eigenvalue weighted by molar-refractivity contribution is -0.265. The first-order chi connectivity index (χ1) is 39.4. The Morgan fingerprint density at radius 3 is 2.23 bits per heavy atom. The van der Waals surface area contributed by atoms with E-state index in [0.29, 0.717) is 89.1 Å². The second-order valence-corrected chi connectivity index (χ2v) is 23.7. The number of hydrogen-bond acceptors (Lipinski definition) is 19. The van der Waals surface area contributed by atoms with Crippen molar-refractivity contribution in [2.75, 3.05) is 51.8 Å². The first-order valence-corrected chi connectivity index (χ1v) is 29.6. The van der Waals surface area contributed by atoms with Gasteiger partial charge in [0.25, 0.3) is 11.7 Å². The summed E-state index contributed by atoms with van der Waals surface area (Å²) < 4.78 is 29.9. The fourth-order valence-corrected chi connectivity index (χ4v) is 12.0. The number of piperazine rings is 1. The number of carbonyl (C=O) groups is 7. The Bertz CT molecular complexity index is 2530. The number of carbonyl (C=O) groups excluding carboxylic acids is 7. The topological polar surface area (TPSA) is 300 Å². The Labute approximate surface area is 488 Å². The number of fused-ring (bicyclic) bond motifs is 3. The molecule has 5 aliphatic rings. The monoisotopic (exact) mass is 1160 g/mol. The number of hydrogen-bond donors (Lipinski definition) is 5. The van der Waals surface area contributed by atoms with Gasteiger partial charge in [0.15, 0.2) is 5.78 Å². The van der Waals surface area contributed by atoms with Gasteiger partial charge in [-0.3, -0.25) is 24.0 Å². The number of piperidine rings is 1. The molecule has 6 rings (SSSR count). The molecule has 1 aliphatic carbocycles. The number of aliphatic hydroxyl groups excluding tert-OH is 2. The number of ketones is 3. The van der Waals surface area contributed by atoms with Crippen molar-refractivity contribution >= 4 is 47.2 Å². The van der Waals surface area contributed by atoms with Gasteiger partial charge in [-0.2, -0.15) is 0 Å². The van der Waals surface area contributed by atoms with E-state index in [1.54, 1.807) is 52.1 Å². The van der Waals surface area contributed by atoms with Crippen LogP contribution in [-0.2, 0) is 59.0 Å². The van der Waals surface area contributed by atoms with Crippen LogP contribution in [0.3, 0.4) is 0 Å². The molecule has 22 heteroatoms. The SMILES string of the molecule is CO[C@H]1C[C@@H]2CC[C@@H](C)[C@@](O)(O2)C(=O)C(=O)N2CCCC[C@H]2C(=O)O[C@H]([C@H](N)C[C@@H]2CC[C@@H](OC(=O)NCc3cnc(N4CCN(C(C)=O)CC4)nc3)[C@H](OC)C2)CC(=O)[C@H](C)/C=C(\C)[C@@H](O)[C@@H](O)C(=O)[C@H](C)C[C@H](C)/C=C/C=C/C=C/1C. The van der Waals surface area contributed by atoms with Crippen LogP contribution in [0.4, 0.5) is 10.7 Å². The van der Waals surface area contributed by atoms with Crippen LogP contribution in [0.2, 0.25) is 0 Å². The van der Waals surface area contributed by atoms with Gasteiger partial charge in [-0.15, -0.1) is 0 Å². The zero-order chi connectivity index (χ0) is 60.7. The minimum atomic E-state index is -2.50. The Morgan fingerprint density at radius 2 is 1.55 bits per heavy atom. The van der Waals surface area contributed by atoms with Gasteiger partial charge >= 0.3 is 12.1 Å². The molecule has 6 N–H and O–H groups in total. The zero-order valence-electron chi connectivity index (χ0n) is 50.0. The number of alkyl carbamates (subject to hydrolysis) is 1. The third-order valence-corrected chi connectivity index (χ3v) is 17.4. The Morgan fingerprint density at radius 1 is 0.843 bits per heavy atom. The number of Topliss-reactive ketones (excluding diaryl/α,β-unsaturated/α-hetero) is 3. The van der Waals surface area contributed by atoms with E-state index in [2.05, 4.69) is 15.3 Å². The lowest BCUT2D eigenvalue weighted by Crippen LogP contribution is -2.61. The summed E-state index contributed by atoms with van der Waals surface area (Å²) in [5, 5.41) is 37.2. The quantitative estimate of drug-likeness (QED) is 0.128. The number of allylic oxidation sites excluding steroid dienone is 6. The van der Waals surface area contributed by atoms with Crippen molar-refractivity contribution in [1.29, 1.82) is 0 Å². The molecule has 3 saturated heterocycles. The van der Waals surface area contributed by atoms with Crippen LogP contribution in [0.5, 0.6) is 0 Å². The molecular weight excluding hydrogens is 1070 g/mol. The fourth-order valence-electron chi connectivity index (χ4n) is 12.0. The molecular formula is C61H91N7O15. The van der Waals surface area contributed by atoms with E-state index in [9.17, 15) is 48.9 Å². The number of methoxy groups -OCH3 is 2. The number of nitrogens with two attached hydrogens (primary N) is 1. The number of rotatable bonds is 9. The second-order valence-electron chi connectivity index (χ2n) is 23.7. The van der Waals surface area contributed by atoms with Crippen molar-refractivity contribution in [3.05, 3.63) is 65.6 Å². The first kappa shape index (κ1) is 66.4. The van der Waals surface area contributed by atoms with Crippen molar-refractivity contribution in [2.24, 2.45) is 35.3 Å². The Kier molecular flexibility index (Phi) is 24.7. The molecule has 3 amide bonds. The molecule has 2 bridgehead atoms. The van der Waals surface area contributed by atoms with Crippen LogP contribution in [0.15, 0.2) is 60.0 Å². The molecule has 22 nitrogen and oxygen atoms in total. The smallest absolute Gasteiger partial charge is 0.407 e. The molecule has 0 radical (unpaired) electrons. The van der Waals surface area contributed by atoms with E-state index >= 15 is 0 Å². The number of cyclic esters (lactones) is 1. The van der Waals surface area contributed by atoms with Crippen LogP contribution in [0, 0.1) is 29.6 Å². The van der Waals surface area contributed by atoms with Gasteiger partial charge in [-0.1, -0.05) is 64.2 Å². The van der Waals surface area contributed by atoms with E-state index in [1.807, 2.05) is 49.1 Å². The normalized spacial score (nSPS) is 35.2. The van der Waals surface area contributed by atoms with Crippen LogP contribution < -0.4 is 16.0 Å². The molecule has 460 valence electrons. The minimum absolute atomic E-state index is 0.00776. The first-order valence-electron chi connectivity index (χ1n) is 29.6. The van der Waals surface area contributed by atoms with Crippen molar-refractivity contribution in [3.8, 4) is 0 Å². The van der Waals surface area contributed by atoms with Crippen LogP contribution in [0.1, 0.15) is 131 Å². The lowest BCUT2D eigenvalue weighted by atomic mass is 9.80. The number of aromatic nitrogens is 2. The average Bonchev–Trinajstić information content (AvgIpc) is 3.65. The second kappa shape index (κ2) is 30.9. The molecule has 4 fully saturated rings. The summed E-state index contributed by atoms with van der Waals surface area (Å²) in [6, 6.07) is -2.22. The highest BCUT2D eigenvalue weighted by Crippen LogP contribution is 2.37. The van der Waals surface area contributed by atoms with Gasteiger partial charge in [-0.25, -0.2) is 19.6 Å². The van der Waals surface area contributed by atoms with E-state index in [1.165, 1.54) is 20.1 Å². The Balaban J connectivity index is 1.18. The Hall–Kier alpha value is -5.75. The largest absolute Gasteiger partial charge is 0.459 e. The number of esters is 1. The average molecular weight is 1160 g/mol. The molecule has 1 aromatic heterocycles. The van der Waals surface area contributed by atoms with E-state index < -0.39 is 120 Å². The van der Waals surface area contributed by atoms with Gasteiger partial charge in [0.2, 0.25) is 17.6 Å². The number of nitrogens with zero attached hydrogens (tertiary/aromatic N) is 5. The molecule has 1 aromatic rings. The van der Waals surface area contributed by atoms with Crippen LogP contribution >= 0.6 is 0 Å². The number of ether oxygens (including phenoxy) is 5. The number of aliphatic hydroxyl groups is 3. The van der Waals surface area contributed by atoms with E-state index in [-0.39, 0.29) is 55.7 Å². The number of amides is 3. The molecule has 15 atom stereocenters. The summed E-state index contributed by atoms with van der Waals surface area (Å²) in [5.41, 5.74) is 8.66. The third-order valence-electron chi connectivity index (χ3n) is 17.4. The summed E-state index contributed by atoms with van der Waals surface area (Å²) in [6.07, 6.45) is 10.2. The maximum Gasteiger partial charge on any atom is 0.407 e. The maximum atomic E-state index is 14.6. The highest BCUT2D eigenvalue weighted by atomic mass is 16.6. The molecule has 83 heavy (non-hydrogen) atoms. The summed E-state index contributed by atoms with van der Waals surface area (Å²) in [7, 11) is 3.07. The summed E-state index contributed by atoms with van der Waals surface area (Å²) in [4.78, 5) is 110. The van der Waals surface area contributed by atoms with Crippen LogP contribution in [-0.4, -0.2) is 184 Å². The summed E-state index contributed by atoms with van der Waals surface area (Å²) in [5.74, 6) is -8.63. The zero-order valence-corrected chi connectivity index (χ0v) is 50.0. The van der Waals surface area contributed by atoms with Gasteiger partial charge in [0, 0.05) is 115 Å². The van der Waals surface area contributed by atoms with Gasteiger partial charge in [0.1, 0.15) is 36.2 Å². The van der Waals surface area contributed by atoms with Crippen LogP contribution in [0.25, 0.3) is 0 Å². The van der Waals surface area contributed by atoms with Crippen molar-refractivity contribution in [3.63, 3.8) is 0 Å². The van der Waals surface area contributed by atoms with E-state index in [0.717, 1.165) is 10.5 Å². The highest BCUT2D eigenvalue weighted by Gasteiger charge is 2.53. The molecule has 1 saturated carbocycles. The van der Waals surface area contributed by atoms with Gasteiger partial charge < -0.3 is 64.8 Å². The van der Waals surface area contributed by atoms with Gasteiger partial charge in [0.05, 0.1) is 18.3 Å². The maximum absolute atomic E-state index is 14.6. The molecule has 5 heterocycles. The number of nitrogens with one attached hydrogen (secondary N) is 1. The molecule has 0 spiro atoms. The molecule has 0 unspecified atom stereocenters. The fraction of sp³-hybridized carbons (Fsp3) is 0.689. The molecule has 0 aromatic carbocycles. The predicted octanol–water partition coefficient (Wildman–Crippen LogP) is 4.61. The van der Waals surface area contributed by atoms with E-state index in [4.69, 9.17) is 29.4 Å². The summed E-state index contributed by atoms with van der Waals surface area (Å²) in [6.45, 7) is 14.3. The summed E-state index contributed by atoms with van der Waals surface area (Å²) >= 11 is 0. The third kappa shape index (κ3) is 17.9. The molecule has 4 aliphatic heterocycles. The highest BCUT2D eigenvalue weighted by molar-refractivity contribution is 6.39. The standard InChI is InChI=1S/C61H91N7O15/c1-36-15-11-10-12-16-37(2)50(79-8)31-45-20-18-41(6)61(78,83-45)56(74)57(75)68-22-14-13-17-47(68)58(76)81-51(32-48(70)38(3)28-40(5)54(72)55(73)53(71)39(4)27-36)46(62)29-43-19-21-49(52(30-43)80-9)82-60(77)65-35-44-33-63-59(64-34-44)67-25-23-66(24-26-67)42(7)69/h10-12,15-16,28,33-34,36,38-39,41,43,45-47,49-52,54-55,72-73,78H,13-14,17-27,29-32,35,62H2,1-9H3,(H,65,77)/b12-10+,15-11+,37-16+,40-28+/t36-,38-,39-,41-,43+,45+,46-,47+,49-,50+,51+,52-,54-,55+,61-/m1/s1. The lowest BCUT2D eigenvalue weighted by Gasteiger charge is -2.42. The van der Waals surface area contributed by atoms with Crippen molar-refractivity contribution < 1.29 is 72.6 Å². The predicted molar refractivity (Wildman–Crippen MR) is 307 cm³/mol. The minimum Gasteiger partial charge on any atom is -0.459 e. The van der Waals surface area contributed by atoms with Crippen molar-refractivity contribution in [2.45, 2.75) is 193 Å².